The third-order valence-electron chi connectivity index (χ3n) is 4.80. The fourth-order valence-corrected chi connectivity index (χ4v) is 3.18. The average Bonchev–Trinajstić information content (AvgIpc) is 3.20. The Bertz CT molecular complexity index is 756. The van der Waals surface area contributed by atoms with Gasteiger partial charge in [-0.2, -0.15) is 0 Å². The molecule has 0 aliphatic carbocycles. The summed E-state index contributed by atoms with van der Waals surface area (Å²) in [6, 6.07) is 13.8. The van der Waals surface area contributed by atoms with Crippen molar-refractivity contribution in [1.29, 1.82) is 0 Å². The Morgan fingerprint density at radius 1 is 1.14 bits per heavy atom. The molecule has 6 heteroatoms. The van der Waals surface area contributed by atoms with E-state index in [0.29, 0.717) is 18.8 Å². The van der Waals surface area contributed by atoms with Gasteiger partial charge in [0.1, 0.15) is 11.6 Å². The van der Waals surface area contributed by atoms with Gasteiger partial charge in [-0.1, -0.05) is 12.1 Å². The molecule has 1 aliphatic heterocycles. The Kier molecular flexibility index (Phi) is 6.87. The van der Waals surface area contributed by atoms with Crippen molar-refractivity contribution in [2.75, 3.05) is 38.8 Å². The fourth-order valence-electron chi connectivity index (χ4n) is 3.18. The van der Waals surface area contributed by atoms with E-state index in [2.05, 4.69) is 0 Å². The Hall–Kier alpha value is -2.60. The number of anilines is 1. The first-order chi connectivity index (χ1) is 13.5. The molecule has 1 atom stereocenters. The zero-order chi connectivity index (χ0) is 19.9. The Labute approximate surface area is 165 Å². The van der Waals surface area contributed by atoms with Crippen LogP contribution in [0.5, 0.6) is 5.75 Å². The molecule has 3 rings (SSSR count). The van der Waals surface area contributed by atoms with E-state index in [0.717, 1.165) is 30.7 Å². The van der Waals surface area contributed by atoms with Gasteiger partial charge in [-0.05, 0) is 54.8 Å². The Morgan fingerprint density at radius 3 is 2.46 bits per heavy atom. The molecule has 28 heavy (non-hydrogen) atoms. The van der Waals surface area contributed by atoms with Crippen LogP contribution in [0, 0.1) is 5.82 Å². The molecule has 0 spiro atoms. The standard InChI is InChI=1S/C22H27FN2O3/c1-24(2)19-9-5-17(6-10-19)14-25(15-21-4-3-13-27-21)22(26)16-28-20-11-7-18(23)8-12-20/h5-12,21H,3-4,13-16H2,1-2H3/t21-/m1/s1. The Morgan fingerprint density at radius 2 is 1.86 bits per heavy atom. The molecule has 0 radical (unpaired) electrons. The van der Waals surface area contributed by atoms with Crippen LogP contribution in [0.4, 0.5) is 10.1 Å². The number of ether oxygens (including phenoxy) is 2. The number of nitrogens with zero attached hydrogens (tertiary/aromatic N) is 2. The number of amides is 1. The topological polar surface area (TPSA) is 42.0 Å². The summed E-state index contributed by atoms with van der Waals surface area (Å²) >= 11 is 0. The zero-order valence-electron chi connectivity index (χ0n) is 16.4. The molecule has 1 aliphatic rings. The molecule has 2 aromatic carbocycles. The van der Waals surface area contributed by atoms with E-state index < -0.39 is 0 Å². The summed E-state index contributed by atoms with van der Waals surface area (Å²) < 4.78 is 24.3. The van der Waals surface area contributed by atoms with Crippen molar-refractivity contribution in [3.8, 4) is 5.75 Å². The highest BCUT2D eigenvalue weighted by atomic mass is 19.1. The van der Waals surface area contributed by atoms with Gasteiger partial charge in [-0.15, -0.1) is 0 Å². The van der Waals surface area contributed by atoms with Crippen LogP contribution in [0.3, 0.4) is 0 Å². The monoisotopic (exact) mass is 386 g/mol. The van der Waals surface area contributed by atoms with Gasteiger partial charge in [0, 0.05) is 39.5 Å². The highest BCUT2D eigenvalue weighted by Gasteiger charge is 2.23. The molecule has 1 fully saturated rings. The fraction of sp³-hybridized carbons (Fsp3) is 0.409. The van der Waals surface area contributed by atoms with Crippen LogP contribution < -0.4 is 9.64 Å². The van der Waals surface area contributed by atoms with Gasteiger partial charge in [0.25, 0.3) is 5.91 Å². The quantitative estimate of drug-likeness (QED) is 0.697. The molecule has 0 bridgehead atoms. The summed E-state index contributed by atoms with van der Waals surface area (Å²) in [6.07, 6.45) is 2.05. The highest BCUT2D eigenvalue weighted by Crippen LogP contribution is 2.18. The summed E-state index contributed by atoms with van der Waals surface area (Å²) in [4.78, 5) is 16.6. The number of hydrogen-bond donors (Lipinski definition) is 0. The lowest BCUT2D eigenvalue weighted by molar-refractivity contribution is -0.135. The van der Waals surface area contributed by atoms with Gasteiger partial charge < -0.3 is 19.3 Å². The molecule has 1 heterocycles. The van der Waals surface area contributed by atoms with Crippen LogP contribution in [0.25, 0.3) is 0 Å². The van der Waals surface area contributed by atoms with E-state index in [1.807, 2.05) is 43.3 Å². The first-order valence-electron chi connectivity index (χ1n) is 9.55. The summed E-state index contributed by atoms with van der Waals surface area (Å²) in [6.45, 7) is 1.70. The third kappa shape index (κ3) is 5.70. The largest absolute Gasteiger partial charge is 0.484 e. The number of carbonyl (C=O) groups is 1. The maximum Gasteiger partial charge on any atom is 0.260 e. The molecule has 0 saturated carbocycles. The highest BCUT2D eigenvalue weighted by molar-refractivity contribution is 5.77. The minimum absolute atomic E-state index is 0.0656. The van der Waals surface area contributed by atoms with Crippen molar-refractivity contribution in [2.45, 2.75) is 25.5 Å². The van der Waals surface area contributed by atoms with Gasteiger partial charge in [0.2, 0.25) is 0 Å². The lowest BCUT2D eigenvalue weighted by Gasteiger charge is -2.26. The van der Waals surface area contributed by atoms with Crippen LogP contribution >= 0.6 is 0 Å². The molecule has 1 saturated heterocycles. The summed E-state index contributed by atoms with van der Waals surface area (Å²) in [5, 5.41) is 0. The minimum Gasteiger partial charge on any atom is -0.484 e. The molecule has 0 unspecified atom stereocenters. The number of carbonyl (C=O) groups excluding carboxylic acids is 1. The zero-order valence-corrected chi connectivity index (χ0v) is 16.4. The van der Waals surface area contributed by atoms with E-state index in [1.54, 1.807) is 4.90 Å². The van der Waals surface area contributed by atoms with Crippen molar-refractivity contribution < 1.29 is 18.7 Å². The van der Waals surface area contributed by atoms with E-state index in [1.165, 1.54) is 24.3 Å². The van der Waals surface area contributed by atoms with E-state index >= 15 is 0 Å². The second-order valence-electron chi connectivity index (χ2n) is 7.21. The maximum absolute atomic E-state index is 13.0. The number of benzene rings is 2. The van der Waals surface area contributed by atoms with Crippen LogP contribution in [0.15, 0.2) is 48.5 Å². The van der Waals surface area contributed by atoms with Crippen molar-refractivity contribution in [1.82, 2.24) is 4.90 Å². The minimum atomic E-state index is -0.333. The van der Waals surface area contributed by atoms with Gasteiger partial charge >= 0.3 is 0 Å². The predicted octanol–water partition coefficient (Wildman–Crippen LogP) is 3.48. The van der Waals surface area contributed by atoms with Gasteiger partial charge in [-0.25, -0.2) is 4.39 Å². The number of halogens is 1. The summed E-state index contributed by atoms with van der Waals surface area (Å²) in [7, 11) is 3.99. The number of rotatable bonds is 8. The van der Waals surface area contributed by atoms with Gasteiger partial charge in [0.05, 0.1) is 6.10 Å². The molecule has 5 nitrogen and oxygen atoms in total. The van der Waals surface area contributed by atoms with Gasteiger partial charge in [-0.3, -0.25) is 4.79 Å². The lowest BCUT2D eigenvalue weighted by atomic mass is 10.1. The lowest BCUT2D eigenvalue weighted by Crippen LogP contribution is -2.39. The molecule has 1 amide bonds. The summed E-state index contributed by atoms with van der Waals surface area (Å²) in [5.41, 5.74) is 2.17. The first kappa shape index (κ1) is 20.1. The van der Waals surface area contributed by atoms with E-state index in [9.17, 15) is 9.18 Å². The second-order valence-corrected chi connectivity index (χ2v) is 7.21. The second kappa shape index (κ2) is 9.55. The molecule has 0 N–H and O–H groups in total. The molecule has 150 valence electrons. The predicted molar refractivity (Wildman–Crippen MR) is 107 cm³/mol. The van der Waals surface area contributed by atoms with Crippen molar-refractivity contribution in [3.05, 3.63) is 59.9 Å². The summed E-state index contributed by atoms with van der Waals surface area (Å²) in [5.74, 6) is 0.0264. The molecule has 0 aromatic heterocycles. The first-order valence-corrected chi connectivity index (χ1v) is 9.55. The van der Waals surface area contributed by atoms with Crippen molar-refractivity contribution in [2.24, 2.45) is 0 Å². The molecular weight excluding hydrogens is 359 g/mol. The smallest absolute Gasteiger partial charge is 0.260 e. The van der Waals surface area contributed by atoms with Crippen LogP contribution in [0.1, 0.15) is 18.4 Å². The average molecular weight is 386 g/mol. The normalized spacial score (nSPS) is 16.0. The van der Waals surface area contributed by atoms with Crippen LogP contribution in [-0.2, 0) is 16.1 Å². The van der Waals surface area contributed by atoms with E-state index in [-0.39, 0.29) is 24.4 Å². The third-order valence-corrected chi connectivity index (χ3v) is 4.80. The van der Waals surface area contributed by atoms with Crippen LogP contribution in [-0.4, -0.2) is 50.8 Å². The number of hydrogen-bond acceptors (Lipinski definition) is 4. The van der Waals surface area contributed by atoms with Gasteiger partial charge in [0.15, 0.2) is 6.61 Å². The maximum atomic E-state index is 13.0. The molecule has 2 aromatic rings. The van der Waals surface area contributed by atoms with Crippen LogP contribution in [0.2, 0.25) is 0 Å². The Balaban J connectivity index is 1.64. The molecular formula is C22H27FN2O3. The SMILES string of the molecule is CN(C)c1ccc(CN(C[C@H]2CCCO2)C(=O)COc2ccc(F)cc2)cc1. The van der Waals surface area contributed by atoms with Crippen molar-refractivity contribution in [3.63, 3.8) is 0 Å². The van der Waals surface area contributed by atoms with E-state index in [4.69, 9.17) is 9.47 Å². The van der Waals surface area contributed by atoms with Crippen molar-refractivity contribution >= 4 is 11.6 Å².